The minimum absolute atomic E-state index is 0.244. The molecule has 3 heteroatoms. The zero-order chi connectivity index (χ0) is 8.60. The van der Waals surface area contributed by atoms with E-state index < -0.39 is 0 Å². The highest BCUT2D eigenvalue weighted by Crippen LogP contribution is 2.52. The second kappa shape index (κ2) is 2.91. The number of hydrogen-bond acceptors (Lipinski definition) is 1. The van der Waals surface area contributed by atoms with Crippen LogP contribution in [0.15, 0.2) is 0 Å². The molecule has 0 bridgehead atoms. The van der Waals surface area contributed by atoms with E-state index in [1.54, 1.807) is 0 Å². The number of carbonyl (C=O) groups is 1. The molecule has 1 heterocycles. The summed E-state index contributed by atoms with van der Waals surface area (Å²) in [5.74, 6) is 0.705. The molecule has 1 aliphatic carbocycles. The van der Waals surface area contributed by atoms with Crippen molar-refractivity contribution in [3.05, 3.63) is 0 Å². The van der Waals surface area contributed by atoms with E-state index in [0.29, 0.717) is 17.7 Å². The van der Waals surface area contributed by atoms with Gasteiger partial charge in [-0.1, -0.05) is 0 Å². The van der Waals surface area contributed by atoms with Crippen LogP contribution >= 0.6 is 11.6 Å². The molecule has 0 unspecified atom stereocenters. The van der Waals surface area contributed by atoms with Crippen molar-refractivity contribution >= 4 is 17.5 Å². The summed E-state index contributed by atoms with van der Waals surface area (Å²) in [6.07, 6.45) is 4.40. The van der Waals surface area contributed by atoms with Crippen LogP contribution in [0.3, 0.4) is 0 Å². The molecule has 0 radical (unpaired) electrons. The molecule has 1 saturated carbocycles. The van der Waals surface area contributed by atoms with Gasteiger partial charge in [0.1, 0.15) is 0 Å². The van der Waals surface area contributed by atoms with Gasteiger partial charge in [0.15, 0.2) is 0 Å². The first-order chi connectivity index (χ1) is 5.76. The largest absolute Gasteiger partial charge is 0.342 e. The van der Waals surface area contributed by atoms with Crippen LogP contribution in [0.4, 0.5) is 0 Å². The number of halogens is 1. The van der Waals surface area contributed by atoms with Gasteiger partial charge in [0, 0.05) is 25.4 Å². The molecule has 0 atom stereocenters. The van der Waals surface area contributed by atoms with Crippen LogP contribution in [0.2, 0.25) is 0 Å². The lowest BCUT2D eigenvalue weighted by Gasteiger charge is -2.15. The Morgan fingerprint density at radius 1 is 1.42 bits per heavy atom. The number of likely N-dealkylation sites (tertiary alicyclic amines) is 1. The predicted molar refractivity (Wildman–Crippen MR) is 48.2 cm³/mol. The van der Waals surface area contributed by atoms with Crippen molar-refractivity contribution in [2.45, 2.75) is 25.7 Å². The Morgan fingerprint density at radius 3 is 2.67 bits per heavy atom. The van der Waals surface area contributed by atoms with E-state index in [4.69, 9.17) is 11.6 Å². The summed E-state index contributed by atoms with van der Waals surface area (Å²) in [7, 11) is 0. The lowest BCUT2D eigenvalue weighted by atomic mass is 10.1. The third-order valence-corrected chi connectivity index (χ3v) is 3.25. The van der Waals surface area contributed by atoms with E-state index in [1.165, 1.54) is 19.3 Å². The zero-order valence-electron chi connectivity index (χ0n) is 7.18. The molecule has 2 rings (SSSR count). The summed E-state index contributed by atoms with van der Waals surface area (Å²) in [5.41, 5.74) is 0.558. The Kier molecular flexibility index (Phi) is 2.03. The van der Waals surface area contributed by atoms with Crippen LogP contribution in [-0.4, -0.2) is 29.8 Å². The Balaban J connectivity index is 1.86. The molecule has 1 saturated heterocycles. The highest BCUT2D eigenvalue weighted by molar-refractivity contribution is 6.18. The maximum Gasteiger partial charge on any atom is 0.223 e. The molecule has 2 fully saturated rings. The fourth-order valence-electron chi connectivity index (χ4n) is 1.97. The molecular weight excluding hydrogens is 174 g/mol. The van der Waals surface area contributed by atoms with Gasteiger partial charge >= 0.3 is 0 Å². The Morgan fingerprint density at radius 2 is 2.17 bits per heavy atom. The van der Waals surface area contributed by atoms with Crippen molar-refractivity contribution in [2.24, 2.45) is 5.41 Å². The molecule has 0 aromatic heterocycles. The van der Waals surface area contributed by atoms with Gasteiger partial charge < -0.3 is 4.90 Å². The Bertz CT molecular complexity index is 201. The van der Waals surface area contributed by atoms with Crippen molar-refractivity contribution in [1.29, 1.82) is 0 Å². The normalized spacial score (nSPS) is 24.9. The minimum Gasteiger partial charge on any atom is -0.342 e. The van der Waals surface area contributed by atoms with Gasteiger partial charge in [0.2, 0.25) is 5.91 Å². The third kappa shape index (κ3) is 1.45. The minimum atomic E-state index is 0.244. The Hall–Kier alpha value is -0.240. The summed E-state index contributed by atoms with van der Waals surface area (Å²) >= 11 is 5.51. The molecule has 1 spiro atoms. The predicted octanol–water partition coefficient (Wildman–Crippen LogP) is 1.63. The Labute approximate surface area is 77.9 Å². The summed E-state index contributed by atoms with van der Waals surface area (Å²) in [6.45, 7) is 1.97. The second-order valence-electron chi connectivity index (χ2n) is 4.00. The number of rotatable bonds is 2. The SMILES string of the molecule is O=C(CCCl)N1CCC2(CC2)C1. The fourth-order valence-corrected chi connectivity index (χ4v) is 2.13. The first-order valence-corrected chi connectivity index (χ1v) is 5.13. The quantitative estimate of drug-likeness (QED) is 0.602. The van der Waals surface area contributed by atoms with Crippen LogP contribution in [0.5, 0.6) is 0 Å². The van der Waals surface area contributed by atoms with E-state index in [0.717, 1.165) is 13.1 Å². The smallest absolute Gasteiger partial charge is 0.223 e. The number of carbonyl (C=O) groups excluding carboxylic acids is 1. The van der Waals surface area contributed by atoms with Gasteiger partial charge in [-0.05, 0) is 24.7 Å². The molecule has 12 heavy (non-hydrogen) atoms. The lowest BCUT2D eigenvalue weighted by Crippen LogP contribution is -2.28. The van der Waals surface area contributed by atoms with E-state index in [1.807, 2.05) is 4.90 Å². The molecule has 1 aliphatic heterocycles. The molecule has 1 amide bonds. The van der Waals surface area contributed by atoms with Gasteiger partial charge in [-0.2, -0.15) is 0 Å². The van der Waals surface area contributed by atoms with Crippen molar-refractivity contribution in [2.75, 3.05) is 19.0 Å². The van der Waals surface area contributed by atoms with Gasteiger partial charge in [-0.15, -0.1) is 11.6 Å². The lowest BCUT2D eigenvalue weighted by molar-refractivity contribution is -0.129. The van der Waals surface area contributed by atoms with Crippen LogP contribution < -0.4 is 0 Å². The van der Waals surface area contributed by atoms with Crippen LogP contribution in [-0.2, 0) is 4.79 Å². The summed E-state index contributed by atoms with van der Waals surface area (Å²) in [4.78, 5) is 13.4. The monoisotopic (exact) mass is 187 g/mol. The molecule has 68 valence electrons. The molecule has 0 aromatic carbocycles. The van der Waals surface area contributed by atoms with E-state index in [-0.39, 0.29) is 5.91 Å². The number of alkyl halides is 1. The first-order valence-electron chi connectivity index (χ1n) is 4.60. The number of nitrogens with zero attached hydrogens (tertiary/aromatic N) is 1. The van der Waals surface area contributed by atoms with Crippen molar-refractivity contribution in [3.8, 4) is 0 Å². The van der Waals surface area contributed by atoms with Crippen LogP contribution in [0.25, 0.3) is 0 Å². The fraction of sp³-hybridized carbons (Fsp3) is 0.889. The summed E-state index contributed by atoms with van der Waals surface area (Å²) < 4.78 is 0. The molecular formula is C9H14ClNO. The van der Waals surface area contributed by atoms with Gasteiger partial charge in [-0.25, -0.2) is 0 Å². The van der Waals surface area contributed by atoms with Gasteiger partial charge in [-0.3, -0.25) is 4.79 Å². The summed E-state index contributed by atoms with van der Waals surface area (Å²) in [6, 6.07) is 0. The average molecular weight is 188 g/mol. The zero-order valence-corrected chi connectivity index (χ0v) is 7.94. The second-order valence-corrected chi connectivity index (χ2v) is 4.38. The van der Waals surface area contributed by atoms with E-state index in [2.05, 4.69) is 0 Å². The van der Waals surface area contributed by atoms with Crippen LogP contribution in [0.1, 0.15) is 25.7 Å². The van der Waals surface area contributed by atoms with Crippen molar-refractivity contribution < 1.29 is 4.79 Å². The topological polar surface area (TPSA) is 20.3 Å². The van der Waals surface area contributed by atoms with Crippen molar-refractivity contribution in [1.82, 2.24) is 4.90 Å². The molecule has 2 nitrogen and oxygen atoms in total. The molecule has 0 aromatic rings. The average Bonchev–Trinajstić information content (AvgIpc) is 2.62. The standard InChI is InChI=1S/C9H14ClNO/c10-5-1-8(12)11-6-4-9(7-11)2-3-9/h1-7H2. The summed E-state index contributed by atoms with van der Waals surface area (Å²) in [5, 5.41) is 0. The molecule has 2 aliphatic rings. The maximum atomic E-state index is 11.4. The van der Waals surface area contributed by atoms with Gasteiger partial charge in [0.25, 0.3) is 0 Å². The molecule has 0 N–H and O–H groups in total. The maximum absolute atomic E-state index is 11.4. The highest BCUT2D eigenvalue weighted by atomic mass is 35.5. The number of hydrogen-bond donors (Lipinski definition) is 0. The van der Waals surface area contributed by atoms with Crippen LogP contribution in [0, 0.1) is 5.41 Å². The van der Waals surface area contributed by atoms with Gasteiger partial charge in [0.05, 0.1) is 0 Å². The first kappa shape index (κ1) is 8.36. The number of amides is 1. The van der Waals surface area contributed by atoms with E-state index >= 15 is 0 Å². The highest BCUT2D eigenvalue weighted by Gasteiger charge is 2.48. The van der Waals surface area contributed by atoms with E-state index in [9.17, 15) is 4.79 Å². The van der Waals surface area contributed by atoms with Crippen molar-refractivity contribution in [3.63, 3.8) is 0 Å². The third-order valence-electron chi connectivity index (χ3n) is 3.06.